The normalized spacial score (nSPS) is 11.8. The molecule has 0 radical (unpaired) electrons. The lowest BCUT2D eigenvalue weighted by molar-refractivity contribution is -0.141. The van der Waals surface area contributed by atoms with Crippen LogP contribution >= 0.6 is 0 Å². The number of para-hydroxylation sites is 1. The average Bonchev–Trinajstić information content (AvgIpc) is 3.07. The molecule has 1 unspecified atom stereocenters. The number of nitrogens with one attached hydrogen (secondary N) is 2. The summed E-state index contributed by atoms with van der Waals surface area (Å²) in [5, 5.41) is 18.7. The maximum absolute atomic E-state index is 12.1. The van der Waals surface area contributed by atoms with Gasteiger partial charge in [0.2, 0.25) is 0 Å². The Morgan fingerprint density at radius 1 is 1.38 bits per heavy atom. The number of ether oxygens (including phenoxy) is 1. The number of benzene rings is 1. The van der Waals surface area contributed by atoms with E-state index in [2.05, 4.69) is 15.5 Å². The lowest BCUT2D eigenvalue weighted by Crippen LogP contribution is -2.34. The van der Waals surface area contributed by atoms with Crippen molar-refractivity contribution in [1.29, 1.82) is 0 Å². The molecule has 1 amide bonds. The number of carboxylic acids is 1. The van der Waals surface area contributed by atoms with Crippen LogP contribution in [-0.2, 0) is 17.6 Å². The van der Waals surface area contributed by atoms with E-state index in [1.54, 1.807) is 19.2 Å². The van der Waals surface area contributed by atoms with Crippen LogP contribution < -0.4 is 10.1 Å². The highest BCUT2D eigenvalue weighted by Gasteiger charge is 2.21. The van der Waals surface area contributed by atoms with Gasteiger partial charge in [0.15, 0.2) is 0 Å². The average molecular weight is 331 g/mol. The molecule has 24 heavy (non-hydrogen) atoms. The van der Waals surface area contributed by atoms with Crippen molar-refractivity contribution in [2.24, 2.45) is 5.92 Å². The van der Waals surface area contributed by atoms with Crippen molar-refractivity contribution in [2.75, 3.05) is 13.7 Å². The van der Waals surface area contributed by atoms with Crippen LogP contribution in [0.3, 0.4) is 0 Å². The minimum absolute atomic E-state index is 0.0144. The topological polar surface area (TPSA) is 104 Å². The third-order valence-electron chi connectivity index (χ3n) is 3.76. The molecule has 0 fully saturated rings. The van der Waals surface area contributed by atoms with Gasteiger partial charge in [-0.2, -0.15) is 5.10 Å². The van der Waals surface area contributed by atoms with E-state index in [1.165, 1.54) is 0 Å². The molecule has 0 aliphatic carbocycles. The molecule has 0 saturated heterocycles. The largest absolute Gasteiger partial charge is 0.496 e. The Balaban J connectivity index is 2.01. The highest BCUT2D eigenvalue weighted by molar-refractivity contribution is 5.92. The van der Waals surface area contributed by atoms with Crippen LogP contribution in [0.2, 0.25) is 0 Å². The Morgan fingerprint density at radius 2 is 2.12 bits per heavy atom. The summed E-state index contributed by atoms with van der Waals surface area (Å²) in [4.78, 5) is 23.6. The molecule has 128 valence electrons. The van der Waals surface area contributed by atoms with Gasteiger partial charge in [-0.15, -0.1) is 0 Å². The van der Waals surface area contributed by atoms with Crippen LogP contribution in [0, 0.1) is 5.92 Å². The van der Waals surface area contributed by atoms with Crippen LogP contribution in [0.4, 0.5) is 0 Å². The summed E-state index contributed by atoms with van der Waals surface area (Å²) in [6.07, 6.45) is 1.01. The van der Waals surface area contributed by atoms with E-state index in [9.17, 15) is 14.7 Å². The van der Waals surface area contributed by atoms with Gasteiger partial charge < -0.3 is 15.2 Å². The van der Waals surface area contributed by atoms with Crippen LogP contribution in [0.15, 0.2) is 30.3 Å². The summed E-state index contributed by atoms with van der Waals surface area (Å²) in [7, 11) is 1.54. The quantitative estimate of drug-likeness (QED) is 0.682. The second-order valence-corrected chi connectivity index (χ2v) is 5.39. The van der Waals surface area contributed by atoms with Gasteiger partial charge >= 0.3 is 5.97 Å². The smallest absolute Gasteiger partial charge is 0.308 e. The maximum atomic E-state index is 12.1. The minimum Gasteiger partial charge on any atom is -0.496 e. The third-order valence-corrected chi connectivity index (χ3v) is 3.76. The lowest BCUT2D eigenvalue weighted by Gasteiger charge is -2.15. The van der Waals surface area contributed by atoms with Crippen molar-refractivity contribution in [3.8, 4) is 5.75 Å². The molecule has 7 heteroatoms. The van der Waals surface area contributed by atoms with E-state index < -0.39 is 17.8 Å². The van der Waals surface area contributed by atoms with Gasteiger partial charge in [0.25, 0.3) is 5.91 Å². The van der Waals surface area contributed by atoms with Crippen molar-refractivity contribution in [1.82, 2.24) is 15.5 Å². The molecule has 1 aromatic heterocycles. The first-order valence-corrected chi connectivity index (χ1v) is 7.72. The van der Waals surface area contributed by atoms with Crippen LogP contribution in [0.1, 0.15) is 28.7 Å². The van der Waals surface area contributed by atoms with Gasteiger partial charge in [0.05, 0.1) is 13.0 Å². The summed E-state index contributed by atoms with van der Waals surface area (Å²) in [5.41, 5.74) is 1.90. The summed E-state index contributed by atoms with van der Waals surface area (Å²) in [6.45, 7) is 1.96. The van der Waals surface area contributed by atoms with Crippen molar-refractivity contribution < 1.29 is 19.4 Å². The number of amides is 1. The molecular formula is C17H21N3O4. The zero-order chi connectivity index (χ0) is 17.5. The van der Waals surface area contributed by atoms with Crippen LogP contribution in [0.25, 0.3) is 0 Å². The molecule has 0 saturated carbocycles. The number of H-pyrrole nitrogens is 1. The van der Waals surface area contributed by atoms with Crippen molar-refractivity contribution in [3.05, 3.63) is 47.3 Å². The van der Waals surface area contributed by atoms with E-state index >= 15 is 0 Å². The second kappa shape index (κ2) is 8.14. The molecule has 1 heterocycles. The molecular weight excluding hydrogens is 310 g/mol. The predicted octanol–water partition coefficient (Wildman–Crippen LogP) is 1.65. The number of carboxylic acid groups (broad SMARTS) is 1. The lowest BCUT2D eigenvalue weighted by atomic mass is 9.98. The number of aromatic nitrogens is 2. The molecule has 7 nitrogen and oxygen atoms in total. The van der Waals surface area contributed by atoms with Gasteiger partial charge in [0.1, 0.15) is 11.4 Å². The number of aliphatic carboxylic acids is 1. The maximum Gasteiger partial charge on any atom is 0.308 e. The number of carbonyl (C=O) groups is 2. The SMILES string of the molecule is CCc1cc(C(=O)NCC(Cc2ccccc2OC)C(=O)O)n[nH]1. The fourth-order valence-electron chi connectivity index (χ4n) is 2.35. The predicted molar refractivity (Wildman–Crippen MR) is 88.1 cm³/mol. The molecule has 2 aromatic rings. The Hall–Kier alpha value is -2.83. The number of aromatic amines is 1. The Labute approximate surface area is 140 Å². The molecule has 3 N–H and O–H groups in total. The molecule has 2 rings (SSSR count). The monoisotopic (exact) mass is 331 g/mol. The van der Waals surface area contributed by atoms with E-state index in [0.717, 1.165) is 17.7 Å². The van der Waals surface area contributed by atoms with Crippen molar-refractivity contribution >= 4 is 11.9 Å². The van der Waals surface area contributed by atoms with Crippen molar-refractivity contribution in [2.45, 2.75) is 19.8 Å². The fourth-order valence-corrected chi connectivity index (χ4v) is 2.35. The molecule has 0 bridgehead atoms. The van der Waals surface area contributed by atoms with Crippen LogP contribution in [0.5, 0.6) is 5.75 Å². The summed E-state index contributed by atoms with van der Waals surface area (Å²) in [6, 6.07) is 8.90. The zero-order valence-corrected chi connectivity index (χ0v) is 13.7. The molecule has 0 aliphatic rings. The minimum atomic E-state index is -0.975. The first kappa shape index (κ1) is 17.5. The summed E-state index contributed by atoms with van der Waals surface area (Å²) < 4.78 is 5.24. The highest BCUT2D eigenvalue weighted by Crippen LogP contribution is 2.21. The molecule has 1 atom stereocenters. The van der Waals surface area contributed by atoms with Gasteiger partial charge in [-0.1, -0.05) is 25.1 Å². The molecule has 0 aliphatic heterocycles. The number of hydrogen-bond acceptors (Lipinski definition) is 4. The standard InChI is InChI=1S/C17H21N3O4/c1-3-13-9-14(20-19-13)16(21)18-10-12(17(22)23)8-11-6-4-5-7-15(11)24-2/h4-7,9,12H,3,8,10H2,1-2H3,(H,18,21)(H,19,20)(H,22,23). The number of carbonyl (C=O) groups excluding carboxylic acids is 1. The Morgan fingerprint density at radius 3 is 2.75 bits per heavy atom. The number of rotatable bonds is 8. The summed E-state index contributed by atoms with van der Waals surface area (Å²) in [5.74, 6) is -1.49. The van der Waals surface area contributed by atoms with E-state index in [0.29, 0.717) is 5.75 Å². The number of methoxy groups -OCH3 is 1. The van der Waals surface area contributed by atoms with E-state index in [1.807, 2.05) is 25.1 Å². The van der Waals surface area contributed by atoms with Gasteiger partial charge in [-0.3, -0.25) is 14.7 Å². The van der Waals surface area contributed by atoms with Gasteiger partial charge in [-0.25, -0.2) is 0 Å². The Bertz CT molecular complexity index is 711. The number of hydrogen-bond donors (Lipinski definition) is 3. The Kier molecular flexibility index (Phi) is 5.95. The zero-order valence-electron chi connectivity index (χ0n) is 13.7. The van der Waals surface area contributed by atoms with Gasteiger partial charge in [-0.05, 0) is 30.5 Å². The third kappa shape index (κ3) is 4.34. The first-order chi connectivity index (χ1) is 11.5. The highest BCUT2D eigenvalue weighted by atomic mass is 16.5. The van der Waals surface area contributed by atoms with E-state index in [-0.39, 0.29) is 18.7 Å². The fraction of sp³-hybridized carbons (Fsp3) is 0.353. The van der Waals surface area contributed by atoms with Crippen LogP contribution in [-0.4, -0.2) is 40.8 Å². The molecule has 1 aromatic carbocycles. The second-order valence-electron chi connectivity index (χ2n) is 5.39. The van der Waals surface area contributed by atoms with Gasteiger partial charge in [0, 0.05) is 12.2 Å². The summed E-state index contributed by atoms with van der Waals surface area (Å²) >= 11 is 0. The number of aryl methyl sites for hydroxylation is 1. The first-order valence-electron chi connectivity index (χ1n) is 7.72. The van der Waals surface area contributed by atoms with E-state index in [4.69, 9.17) is 4.74 Å². The molecule has 0 spiro atoms. The number of nitrogens with zero attached hydrogens (tertiary/aromatic N) is 1. The van der Waals surface area contributed by atoms with Crippen molar-refractivity contribution in [3.63, 3.8) is 0 Å².